The molecule has 14 heavy (non-hydrogen) atoms. The summed E-state index contributed by atoms with van der Waals surface area (Å²) < 4.78 is 4.91. The number of alkyl carbamates (subject to hydrolysis) is 1. The van der Waals surface area contributed by atoms with Crippen molar-refractivity contribution in [3.8, 4) is 0 Å². The molecule has 2 N–H and O–H groups in total. The predicted octanol–water partition coefficient (Wildman–Crippen LogP) is 1.37. The molecule has 0 fully saturated rings. The third-order valence-corrected chi connectivity index (χ3v) is 1.35. The molecule has 0 aromatic rings. The lowest BCUT2D eigenvalue weighted by atomic mass is 10.2. The number of carbonyl (C=O) groups is 2. The molecule has 0 radical (unpaired) electrons. The Hall–Kier alpha value is -1.26. The van der Waals surface area contributed by atoms with Crippen molar-refractivity contribution in [2.45, 2.75) is 45.8 Å². The maximum Gasteiger partial charge on any atom is 0.408 e. The van der Waals surface area contributed by atoms with Crippen LogP contribution >= 0.6 is 0 Å². The van der Waals surface area contributed by atoms with Gasteiger partial charge in [0.25, 0.3) is 0 Å². The summed E-state index contributed by atoms with van der Waals surface area (Å²) in [5.74, 6) is -1.11. The van der Waals surface area contributed by atoms with Gasteiger partial charge < -0.3 is 15.2 Å². The van der Waals surface area contributed by atoms with Crippen LogP contribution in [0.15, 0.2) is 0 Å². The van der Waals surface area contributed by atoms with Crippen LogP contribution in [0.1, 0.15) is 34.6 Å². The fourth-order valence-electron chi connectivity index (χ4n) is 0.612. The number of carbonyl (C=O) groups excluding carboxylic acids is 1. The maximum absolute atomic E-state index is 11.2. The number of aliphatic carboxylic acids is 1. The summed E-state index contributed by atoms with van der Waals surface area (Å²) in [5, 5.41) is 11.0. The van der Waals surface area contributed by atoms with Crippen LogP contribution in [0.3, 0.4) is 0 Å². The number of nitrogens with one attached hydrogen (secondary N) is 1. The molecule has 0 aromatic carbocycles. The first kappa shape index (κ1) is 12.7. The highest BCUT2D eigenvalue weighted by Crippen LogP contribution is 2.09. The van der Waals surface area contributed by atoms with Gasteiger partial charge in [0.05, 0.1) is 0 Å². The van der Waals surface area contributed by atoms with Crippen LogP contribution in [-0.2, 0) is 9.53 Å². The van der Waals surface area contributed by atoms with E-state index in [2.05, 4.69) is 5.32 Å². The van der Waals surface area contributed by atoms with Crippen molar-refractivity contribution in [1.82, 2.24) is 5.32 Å². The largest absolute Gasteiger partial charge is 0.480 e. The van der Waals surface area contributed by atoms with E-state index in [1.807, 2.05) is 0 Å². The van der Waals surface area contributed by atoms with Gasteiger partial charge in [-0.15, -0.1) is 0 Å². The highest BCUT2D eigenvalue weighted by Gasteiger charge is 2.30. The van der Waals surface area contributed by atoms with Gasteiger partial charge in [0.1, 0.15) is 11.1 Å². The van der Waals surface area contributed by atoms with Gasteiger partial charge in [-0.2, -0.15) is 0 Å². The van der Waals surface area contributed by atoms with Gasteiger partial charge >= 0.3 is 12.1 Å². The van der Waals surface area contributed by atoms with Crippen LogP contribution in [0.5, 0.6) is 0 Å². The van der Waals surface area contributed by atoms with Gasteiger partial charge in [-0.3, -0.25) is 0 Å². The highest BCUT2D eigenvalue weighted by atomic mass is 16.6. The number of carboxylic acids is 1. The second-order valence-corrected chi connectivity index (χ2v) is 4.56. The summed E-state index contributed by atoms with van der Waals surface area (Å²) in [6, 6.07) is 0. The molecule has 0 saturated heterocycles. The molecule has 0 rings (SSSR count). The fraction of sp³-hybridized carbons (Fsp3) is 0.778. The summed E-state index contributed by atoms with van der Waals surface area (Å²) in [4.78, 5) is 21.8. The van der Waals surface area contributed by atoms with E-state index < -0.39 is 23.2 Å². The molecule has 0 heterocycles. The van der Waals surface area contributed by atoms with Crippen molar-refractivity contribution in [3.63, 3.8) is 0 Å². The minimum atomic E-state index is -1.32. The van der Waals surface area contributed by atoms with Crippen molar-refractivity contribution in [2.75, 3.05) is 0 Å². The zero-order valence-corrected chi connectivity index (χ0v) is 9.17. The molecule has 0 aromatic heterocycles. The molecule has 5 heteroatoms. The Kier molecular flexibility index (Phi) is 3.51. The molecule has 0 atom stereocenters. The van der Waals surface area contributed by atoms with Crippen LogP contribution in [0.25, 0.3) is 0 Å². The quantitative estimate of drug-likeness (QED) is 0.714. The van der Waals surface area contributed by atoms with Crippen molar-refractivity contribution >= 4 is 12.1 Å². The molecule has 0 unspecified atom stereocenters. The van der Waals surface area contributed by atoms with E-state index in [0.717, 1.165) is 0 Å². The second kappa shape index (κ2) is 3.86. The Labute approximate surface area is 83.4 Å². The molecule has 0 bridgehead atoms. The summed E-state index contributed by atoms with van der Waals surface area (Å²) in [7, 11) is 0. The van der Waals surface area contributed by atoms with Crippen LogP contribution in [-0.4, -0.2) is 28.3 Å². The molecular formula is C9H17NO4. The summed E-state index contributed by atoms with van der Waals surface area (Å²) in [5.41, 5.74) is -1.94. The molecular weight excluding hydrogens is 188 g/mol. The first-order valence-corrected chi connectivity index (χ1v) is 4.29. The number of hydrogen-bond donors (Lipinski definition) is 2. The number of rotatable bonds is 2. The Balaban J connectivity index is 4.27. The lowest BCUT2D eigenvalue weighted by Crippen LogP contribution is -2.51. The van der Waals surface area contributed by atoms with Gasteiger partial charge in [-0.05, 0) is 34.6 Å². The predicted molar refractivity (Wildman–Crippen MR) is 51.1 cm³/mol. The average molecular weight is 205 g/mol. The molecule has 5 nitrogen and oxygen atoms in total. The second-order valence-electron chi connectivity index (χ2n) is 4.56. The Morgan fingerprint density at radius 2 is 1.71 bits per heavy atom. The van der Waals surface area contributed by atoms with Gasteiger partial charge in [0, 0.05) is 0 Å². The van der Waals surface area contributed by atoms with E-state index in [-0.39, 0.29) is 0 Å². The number of carboxylic acid groups (broad SMARTS) is 1. The molecule has 0 aliphatic rings. The summed E-state index contributed by atoms with van der Waals surface area (Å²) in [6.07, 6.45) is -0.732. The van der Waals surface area contributed by atoms with Crippen molar-refractivity contribution < 1.29 is 19.4 Å². The smallest absolute Gasteiger partial charge is 0.408 e. The van der Waals surface area contributed by atoms with E-state index in [0.29, 0.717) is 0 Å². The standard InChI is InChI=1S/C9H17NO4/c1-8(2,3)14-7(13)10-9(4,5)6(11)12/h1-5H3,(H,10,13)(H,11,12)/i6+2. The minimum Gasteiger partial charge on any atom is -0.480 e. The highest BCUT2D eigenvalue weighted by molar-refractivity contribution is 5.83. The van der Waals surface area contributed by atoms with Crippen LogP contribution in [0, 0.1) is 0 Å². The van der Waals surface area contributed by atoms with Crippen molar-refractivity contribution in [3.05, 3.63) is 0 Å². The third kappa shape index (κ3) is 4.69. The van der Waals surface area contributed by atoms with E-state index in [1.54, 1.807) is 20.8 Å². The van der Waals surface area contributed by atoms with Gasteiger partial charge in [-0.25, -0.2) is 9.59 Å². The van der Waals surface area contributed by atoms with Crippen LogP contribution in [0.2, 0.25) is 0 Å². The van der Waals surface area contributed by atoms with E-state index in [4.69, 9.17) is 9.84 Å². The molecule has 0 aliphatic heterocycles. The molecule has 1 amide bonds. The van der Waals surface area contributed by atoms with E-state index in [1.165, 1.54) is 13.8 Å². The monoisotopic (exact) mass is 205 g/mol. The van der Waals surface area contributed by atoms with E-state index in [9.17, 15) is 9.59 Å². The lowest BCUT2D eigenvalue weighted by molar-refractivity contribution is -0.143. The Morgan fingerprint density at radius 3 is 2.00 bits per heavy atom. The topological polar surface area (TPSA) is 75.6 Å². The third-order valence-electron chi connectivity index (χ3n) is 1.35. The summed E-state index contributed by atoms with van der Waals surface area (Å²) >= 11 is 0. The molecule has 0 spiro atoms. The van der Waals surface area contributed by atoms with Crippen LogP contribution in [0.4, 0.5) is 4.79 Å². The number of ether oxygens (including phenoxy) is 1. The van der Waals surface area contributed by atoms with Crippen molar-refractivity contribution in [2.24, 2.45) is 0 Å². The summed E-state index contributed by atoms with van der Waals surface area (Å²) in [6.45, 7) is 7.90. The maximum atomic E-state index is 11.2. The normalized spacial score (nSPS) is 12.1. The fourth-order valence-corrected chi connectivity index (χ4v) is 0.612. The van der Waals surface area contributed by atoms with Gasteiger partial charge in [0.15, 0.2) is 0 Å². The number of amides is 1. The Morgan fingerprint density at radius 1 is 1.29 bits per heavy atom. The zero-order chi connectivity index (χ0) is 11.6. The lowest BCUT2D eigenvalue weighted by Gasteiger charge is -2.25. The first-order valence-electron chi connectivity index (χ1n) is 4.29. The molecule has 0 aliphatic carbocycles. The van der Waals surface area contributed by atoms with Crippen molar-refractivity contribution in [1.29, 1.82) is 0 Å². The molecule has 82 valence electrons. The van der Waals surface area contributed by atoms with Gasteiger partial charge in [0.2, 0.25) is 0 Å². The molecule has 0 saturated carbocycles. The number of hydrogen-bond acceptors (Lipinski definition) is 3. The SMILES string of the molecule is CC(C)(C)OC(=O)NC(C)(C)[14C](=O)O. The minimum absolute atomic E-state index is 0.626. The van der Waals surface area contributed by atoms with Gasteiger partial charge in [-0.1, -0.05) is 0 Å². The van der Waals surface area contributed by atoms with E-state index >= 15 is 0 Å². The zero-order valence-electron chi connectivity index (χ0n) is 9.17. The Bertz CT molecular complexity index is 240. The average Bonchev–Trinajstić information content (AvgIpc) is 1.79. The first-order chi connectivity index (χ1) is 6.04. The van der Waals surface area contributed by atoms with Crippen LogP contribution < -0.4 is 5.32 Å².